The number of morpholine rings is 1. The number of nitrogens with zero attached hydrogens (tertiary/aromatic N) is 2. The first-order valence-corrected chi connectivity index (χ1v) is 9.02. The second-order valence-corrected chi connectivity index (χ2v) is 7.29. The Labute approximate surface area is 130 Å². The van der Waals surface area contributed by atoms with Gasteiger partial charge in [-0.15, -0.1) is 0 Å². The van der Waals surface area contributed by atoms with Gasteiger partial charge in [0, 0.05) is 37.8 Å². The van der Waals surface area contributed by atoms with Gasteiger partial charge in [0.15, 0.2) is 0 Å². The number of fused-ring (bicyclic) bond motifs is 1. The van der Waals surface area contributed by atoms with Gasteiger partial charge in [-0.25, -0.2) is 0 Å². The van der Waals surface area contributed by atoms with E-state index < -0.39 is 0 Å². The molecule has 3 saturated heterocycles. The van der Waals surface area contributed by atoms with Crippen LogP contribution in [-0.2, 0) is 4.74 Å². The number of likely N-dealkylation sites (tertiary alicyclic amines) is 1. The Balaban J connectivity index is 1.51. The molecule has 21 heavy (non-hydrogen) atoms. The molecule has 4 heteroatoms. The van der Waals surface area contributed by atoms with E-state index in [0.29, 0.717) is 18.2 Å². The van der Waals surface area contributed by atoms with Crippen molar-refractivity contribution in [2.24, 2.45) is 5.92 Å². The lowest BCUT2D eigenvalue weighted by Crippen LogP contribution is -2.57. The Kier molecular flexibility index (Phi) is 5.20. The first kappa shape index (κ1) is 15.7. The van der Waals surface area contributed by atoms with Crippen molar-refractivity contribution in [3.63, 3.8) is 0 Å². The molecule has 3 rings (SSSR count). The molecule has 3 fully saturated rings. The van der Waals surface area contributed by atoms with E-state index in [1.165, 1.54) is 32.4 Å². The SMILES string of the molecule is CCNC1CCN(CC2CN3CCCC3CO2)C(C)C1C. The van der Waals surface area contributed by atoms with Crippen molar-refractivity contribution in [2.75, 3.05) is 39.3 Å². The molecule has 0 spiro atoms. The fourth-order valence-corrected chi connectivity index (χ4v) is 4.51. The molecule has 3 aliphatic heterocycles. The van der Waals surface area contributed by atoms with Gasteiger partial charge < -0.3 is 10.1 Å². The lowest BCUT2D eigenvalue weighted by Gasteiger charge is -2.45. The van der Waals surface area contributed by atoms with E-state index in [9.17, 15) is 0 Å². The first-order chi connectivity index (χ1) is 10.2. The largest absolute Gasteiger partial charge is 0.374 e. The molecule has 5 atom stereocenters. The van der Waals surface area contributed by atoms with Gasteiger partial charge >= 0.3 is 0 Å². The topological polar surface area (TPSA) is 27.7 Å². The maximum absolute atomic E-state index is 6.15. The van der Waals surface area contributed by atoms with Crippen LogP contribution >= 0.6 is 0 Å². The fraction of sp³-hybridized carbons (Fsp3) is 1.00. The van der Waals surface area contributed by atoms with Gasteiger partial charge in [-0.2, -0.15) is 0 Å². The van der Waals surface area contributed by atoms with Crippen molar-refractivity contribution in [1.82, 2.24) is 15.1 Å². The maximum Gasteiger partial charge on any atom is 0.0829 e. The van der Waals surface area contributed by atoms with Crippen molar-refractivity contribution in [3.05, 3.63) is 0 Å². The average molecular weight is 295 g/mol. The van der Waals surface area contributed by atoms with Gasteiger partial charge in [0.1, 0.15) is 0 Å². The summed E-state index contributed by atoms with van der Waals surface area (Å²) >= 11 is 0. The van der Waals surface area contributed by atoms with Gasteiger partial charge in [0.2, 0.25) is 0 Å². The molecule has 5 unspecified atom stereocenters. The summed E-state index contributed by atoms with van der Waals surface area (Å²) in [6.07, 6.45) is 4.40. The molecule has 0 saturated carbocycles. The molecule has 1 N–H and O–H groups in total. The van der Waals surface area contributed by atoms with E-state index in [1.807, 2.05) is 0 Å². The molecular weight excluding hydrogens is 262 g/mol. The minimum Gasteiger partial charge on any atom is -0.374 e. The summed E-state index contributed by atoms with van der Waals surface area (Å²) in [5.41, 5.74) is 0. The van der Waals surface area contributed by atoms with Crippen molar-refractivity contribution in [3.8, 4) is 0 Å². The van der Waals surface area contributed by atoms with Crippen molar-refractivity contribution in [1.29, 1.82) is 0 Å². The van der Waals surface area contributed by atoms with Crippen LogP contribution in [0.2, 0.25) is 0 Å². The molecule has 0 aromatic heterocycles. The Morgan fingerprint density at radius 2 is 2.05 bits per heavy atom. The molecule has 0 aromatic rings. The summed E-state index contributed by atoms with van der Waals surface area (Å²) in [5.74, 6) is 0.724. The highest BCUT2D eigenvalue weighted by molar-refractivity contribution is 4.91. The Morgan fingerprint density at radius 1 is 1.19 bits per heavy atom. The summed E-state index contributed by atoms with van der Waals surface area (Å²) in [5, 5.41) is 3.65. The summed E-state index contributed by atoms with van der Waals surface area (Å²) in [4.78, 5) is 5.33. The molecule has 4 nitrogen and oxygen atoms in total. The zero-order valence-electron chi connectivity index (χ0n) is 14.1. The van der Waals surface area contributed by atoms with Crippen LogP contribution in [0, 0.1) is 5.92 Å². The monoisotopic (exact) mass is 295 g/mol. The molecule has 0 bridgehead atoms. The third-order valence-corrected chi connectivity index (χ3v) is 6.06. The van der Waals surface area contributed by atoms with Gasteiger partial charge in [-0.05, 0) is 45.2 Å². The van der Waals surface area contributed by atoms with Crippen LogP contribution in [0.5, 0.6) is 0 Å². The van der Waals surface area contributed by atoms with Crippen LogP contribution in [0.4, 0.5) is 0 Å². The summed E-state index contributed by atoms with van der Waals surface area (Å²) < 4.78 is 6.15. The average Bonchev–Trinajstić information content (AvgIpc) is 2.94. The Hall–Kier alpha value is -0.160. The maximum atomic E-state index is 6.15. The quantitative estimate of drug-likeness (QED) is 0.852. The van der Waals surface area contributed by atoms with E-state index in [4.69, 9.17) is 4.74 Å². The molecule has 0 radical (unpaired) electrons. The van der Waals surface area contributed by atoms with Crippen LogP contribution in [0.25, 0.3) is 0 Å². The van der Waals surface area contributed by atoms with E-state index in [2.05, 4.69) is 35.9 Å². The number of hydrogen-bond acceptors (Lipinski definition) is 4. The normalized spacial score (nSPS) is 42.1. The van der Waals surface area contributed by atoms with Gasteiger partial charge in [-0.1, -0.05) is 13.8 Å². The Bertz CT molecular complexity index is 338. The molecule has 0 aromatic carbocycles. The molecule has 3 heterocycles. The second-order valence-electron chi connectivity index (χ2n) is 7.29. The van der Waals surface area contributed by atoms with E-state index >= 15 is 0 Å². The van der Waals surface area contributed by atoms with E-state index in [1.54, 1.807) is 0 Å². The minimum absolute atomic E-state index is 0.421. The Morgan fingerprint density at radius 3 is 2.86 bits per heavy atom. The van der Waals surface area contributed by atoms with Crippen molar-refractivity contribution in [2.45, 2.75) is 64.3 Å². The number of nitrogens with one attached hydrogen (secondary N) is 1. The van der Waals surface area contributed by atoms with Crippen LogP contribution < -0.4 is 5.32 Å². The standard InChI is InChI=1S/C17H33N3O/c1-4-18-17-7-9-19(14(3)13(17)2)10-16-11-20-8-5-6-15(20)12-21-16/h13-18H,4-12H2,1-3H3. The van der Waals surface area contributed by atoms with Crippen molar-refractivity contribution >= 4 is 0 Å². The summed E-state index contributed by atoms with van der Waals surface area (Å²) in [6.45, 7) is 13.8. The lowest BCUT2D eigenvalue weighted by atomic mass is 9.86. The fourth-order valence-electron chi connectivity index (χ4n) is 4.51. The number of piperidine rings is 1. The highest BCUT2D eigenvalue weighted by Gasteiger charge is 2.36. The third kappa shape index (κ3) is 3.44. The van der Waals surface area contributed by atoms with Gasteiger partial charge in [-0.3, -0.25) is 9.80 Å². The lowest BCUT2D eigenvalue weighted by molar-refractivity contribution is -0.0722. The third-order valence-electron chi connectivity index (χ3n) is 6.06. The van der Waals surface area contributed by atoms with Gasteiger partial charge in [0.25, 0.3) is 0 Å². The number of ether oxygens (including phenoxy) is 1. The van der Waals surface area contributed by atoms with Crippen LogP contribution in [0.1, 0.15) is 40.0 Å². The second kappa shape index (κ2) is 6.95. The first-order valence-electron chi connectivity index (χ1n) is 9.02. The minimum atomic E-state index is 0.421. The summed E-state index contributed by atoms with van der Waals surface area (Å²) in [6, 6.07) is 2.07. The van der Waals surface area contributed by atoms with Crippen LogP contribution in [0.3, 0.4) is 0 Å². The zero-order valence-corrected chi connectivity index (χ0v) is 14.1. The molecule has 0 amide bonds. The number of rotatable bonds is 4. The highest BCUT2D eigenvalue weighted by atomic mass is 16.5. The van der Waals surface area contributed by atoms with E-state index in [-0.39, 0.29) is 0 Å². The van der Waals surface area contributed by atoms with Crippen molar-refractivity contribution < 1.29 is 4.74 Å². The molecular formula is C17H33N3O. The zero-order chi connectivity index (χ0) is 14.8. The number of hydrogen-bond donors (Lipinski definition) is 1. The molecule has 3 aliphatic rings. The van der Waals surface area contributed by atoms with Crippen LogP contribution in [-0.4, -0.2) is 73.4 Å². The highest BCUT2D eigenvalue weighted by Crippen LogP contribution is 2.27. The van der Waals surface area contributed by atoms with E-state index in [0.717, 1.165) is 38.2 Å². The predicted octanol–water partition coefficient (Wildman–Crippen LogP) is 1.56. The smallest absolute Gasteiger partial charge is 0.0829 e. The van der Waals surface area contributed by atoms with Gasteiger partial charge in [0.05, 0.1) is 12.7 Å². The van der Waals surface area contributed by atoms with Crippen LogP contribution in [0.15, 0.2) is 0 Å². The summed E-state index contributed by atoms with van der Waals surface area (Å²) in [7, 11) is 0. The molecule has 0 aliphatic carbocycles. The molecule has 122 valence electrons. The predicted molar refractivity (Wildman–Crippen MR) is 86.6 cm³/mol.